The first kappa shape index (κ1) is 19.2. The van der Waals surface area contributed by atoms with Gasteiger partial charge >= 0.3 is 17.1 Å². The Morgan fingerprint density at radius 2 is 0.923 bits per heavy atom. The minimum absolute atomic E-state index is 0. The molecule has 77 valence electrons. The molecule has 0 spiro atoms. The van der Waals surface area contributed by atoms with E-state index in [1.165, 1.54) is 0 Å². The molecule has 0 aromatic heterocycles. The van der Waals surface area contributed by atoms with Crippen molar-refractivity contribution in [3.05, 3.63) is 0 Å². The van der Waals surface area contributed by atoms with Crippen LogP contribution in [0.25, 0.3) is 0 Å². The van der Waals surface area contributed by atoms with Crippen LogP contribution in [0, 0.1) is 0 Å². The third-order valence-electron chi connectivity index (χ3n) is 0.356. The SMILES string of the molecule is O=C([O-])C(Cl)Cl.O=C([O-])C(Cl)Cl.[Mn+2]. The molecule has 0 amide bonds. The first-order valence-corrected chi connectivity index (χ1v) is 4.01. The number of hydrogen-bond donors (Lipinski definition) is 0. The molecular formula is C4H2Cl4MnO4. The molecule has 0 saturated carbocycles. The summed E-state index contributed by atoms with van der Waals surface area (Å²) in [5.74, 6) is -2.92. The molecule has 0 aromatic carbocycles. The smallest absolute Gasteiger partial charge is 0.547 e. The van der Waals surface area contributed by atoms with Crippen molar-refractivity contribution in [2.45, 2.75) is 9.67 Å². The van der Waals surface area contributed by atoms with E-state index in [1.54, 1.807) is 0 Å². The number of aliphatic carboxylic acids is 2. The van der Waals surface area contributed by atoms with Gasteiger partial charge in [0.25, 0.3) is 0 Å². The Kier molecular flexibility index (Phi) is 15.8. The van der Waals surface area contributed by atoms with Gasteiger partial charge in [-0.05, 0) is 0 Å². The van der Waals surface area contributed by atoms with E-state index in [0.29, 0.717) is 0 Å². The van der Waals surface area contributed by atoms with Crippen molar-refractivity contribution in [2.75, 3.05) is 0 Å². The summed E-state index contributed by atoms with van der Waals surface area (Å²) in [5.41, 5.74) is 0. The van der Waals surface area contributed by atoms with Crippen LogP contribution in [-0.4, -0.2) is 21.6 Å². The Labute approximate surface area is 105 Å². The van der Waals surface area contributed by atoms with Gasteiger partial charge in [-0.15, -0.1) is 0 Å². The fourth-order valence-electron chi connectivity index (χ4n) is 0. The van der Waals surface area contributed by atoms with E-state index in [2.05, 4.69) is 0 Å². The van der Waals surface area contributed by atoms with Crippen molar-refractivity contribution in [3.8, 4) is 0 Å². The van der Waals surface area contributed by atoms with Gasteiger partial charge < -0.3 is 19.8 Å². The molecule has 0 rings (SSSR count). The maximum absolute atomic E-state index is 9.32. The Morgan fingerprint density at radius 1 is 0.846 bits per heavy atom. The molecule has 4 nitrogen and oxygen atoms in total. The standard InChI is InChI=1S/2C2H2Cl2O2.Mn/c2*3-1(4)2(5)6;/h2*1H,(H,5,6);/q;;+2/p-2. The number of carboxylic acids is 2. The summed E-state index contributed by atoms with van der Waals surface area (Å²) in [4.78, 5) is 15.9. The van der Waals surface area contributed by atoms with Crippen LogP contribution in [0.15, 0.2) is 0 Å². The van der Waals surface area contributed by atoms with E-state index < -0.39 is 21.6 Å². The maximum Gasteiger partial charge on any atom is 2.00 e. The van der Waals surface area contributed by atoms with E-state index in [1.807, 2.05) is 0 Å². The number of hydrogen-bond acceptors (Lipinski definition) is 4. The third-order valence-corrected chi connectivity index (χ3v) is 1.07. The fourth-order valence-corrected chi connectivity index (χ4v) is 0. The summed E-state index contributed by atoms with van der Waals surface area (Å²) >= 11 is 18.9. The van der Waals surface area contributed by atoms with Crippen LogP contribution in [0.5, 0.6) is 0 Å². The molecule has 0 heterocycles. The Morgan fingerprint density at radius 3 is 0.923 bits per heavy atom. The Hall–Kier alpha value is 0.619. The number of halogens is 4. The van der Waals surface area contributed by atoms with Crippen LogP contribution in [0.4, 0.5) is 0 Å². The minimum atomic E-state index is -1.46. The molecule has 9 heteroatoms. The summed E-state index contributed by atoms with van der Waals surface area (Å²) in [6.07, 6.45) is 0. The molecular weight excluding hydrogens is 309 g/mol. The van der Waals surface area contributed by atoms with Crippen LogP contribution < -0.4 is 10.2 Å². The number of carboxylic acid groups (broad SMARTS) is 2. The Balaban J connectivity index is -0.000000143. The number of alkyl halides is 4. The molecule has 0 N–H and O–H groups in total. The fraction of sp³-hybridized carbons (Fsp3) is 0.500. The third kappa shape index (κ3) is 19.2. The molecule has 0 aliphatic carbocycles. The molecule has 13 heavy (non-hydrogen) atoms. The largest absolute Gasteiger partial charge is 2.00 e. The predicted molar refractivity (Wildman–Crippen MR) is 41.0 cm³/mol. The van der Waals surface area contributed by atoms with E-state index in [0.717, 1.165) is 0 Å². The van der Waals surface area contributed by atoms with Gasteiger partial charge in [0.15, 0.2) is 0 Å². The van der Waals surface area contributed by atoms with Gasteiger partial charge in [0.2, 0.25) is 0 Å². The molecule has 0 saturated heterocycles. The minimum Gasteiger partial charge on any atom is -0.547 e. The number of carbonyl (C=O) groups is 2. The van der Waals surface area contributed by atoms with Gasteiger partial charge in [-0.2, -0.15) is 0 Å². The van der Waals surface area contributed by atoms with Crippen molar-refractivity contribution in [1.82, 2.24) is 0 Å². The molecule has 0 aliphatic rings. The zero-order chi connectivity index (χ0) is 10.3. The van der Waals surface area contributed by atoms with Gasteiger partial charge in [-0.25, -0.2) is 0 Å². The van der Waals surface area contributed by atoms with Gasteiger partial charge in [0.1, 0.15) is 9.67 Å². The molecule has 1 radical (unpaired) electrons. The molecule has 0 unspecified atom stereocenters. The monoisotopic (exact) mass is 309 g/mol. The molecule has 0 fully saturated rings. The summed E-state index contributed by atoms with van der Waals surface area (Å²) < 4.78 is 0. The topological polar surface area (TPSA) is 80.3 Å². The van der Waals surface area contributed by atoms with Gasteiger partial charge in [0.05, 0.1) is 11.9 Å². The normalized spacial score (nSPS) is 8.46. The second-order valence-electron chi connectivity index (χ2n) is 1.24. The van der Waals surface area contributed by atoms with Crippen LogP contribution in [0.2, 0.25) is 0 Å². The summed E-state index contributed by atoms with van der Waals surface area (Å²) in [7, 11) is 0. The molecule has 0 bridgehead atoms. The van der Waals surface area contributed by atoms with Crippen LogP contribution >= 0.6 is 46.4 Å². The van der Waals surface area contributed by atoms with Crippen LogP contribution in [0.3, 0.4) is 0 Å². The van der Waals surface area contributed by atoms with Crippen LogP contribution in [0.1, 0.15) is 0 Å². The van der Waals surface area contributed by atoms with Gasteiger partial charge in [-0.1, -0.05) is 46.4 Å². The Bertz CT molecular complexity index is 144. The van der Waals surface area contributed by atoms with Crippen molar-refractivity contribution >= 4 is 58.3 Å². The van der Waals surface area contributed by atoms with E-state index in [4.69, 9.17) is 46.4 Å². The van der Waals surface area contributed by atoms with Crippen molar-refractivity contribution in [3.63, 3.8) is 0 Å². The van der Waals surface area contributed by atoms with E-state index in [9.17, 15) is 19.8 Å². The van der Waals surface area contributed by atoms with Crippen LogP contribution in [-0.2, 0) is 26.7 Å². The molecule has 0 aliphatic heterocycles. The van der Waals surface area contributed by atoms with E-state index in [-0.39, 0.29) is 17.1 Å². The summed E-state index contributed by atoms with van der Waals surface area (Å²) in [5, 5.41) is 18.6. The summed E-state index contributed by atoms with van der Waals surface area (Å²) in [6, 6.07) is 0. The van der Waals surface area contributed by atoms with Gasteiger partial charge in [0, 0.05) is 0 Å². The quantitative estimate of drug-likeness (QED) is 0.488. The van der Waals surface area contributed by atoms with Crippen molar-refractivity contribution in [2.24, 2.45) is 0 Å². The van der Waals surface area contributed by atoms with Gasteiger partial charge in [-0.3, -0.25) is 0 Å². The number of rotatable bonds is 2. The average Bonchev–Trinajstić information content (AvgIpc) is 1.88. The second kappa shape index (κ2) is 10.7. The van der Waals surface area contributed by atoms with Crippen molar-refractivity contribution in [1.29, 1.82) is 0 Å². The maximum atomic E-state index is 9.32. The summed E-state index contributed by atoms with van der Waals surface area (Å²) in [6.45, 7) is 0. The van der Waals surface area contributed by atoms with E-state index >= 15 is 0 Å². The first-order valence-electron chi connectivity index (χ1n) is 2.27. The number of carbonyl (C=O) groups excluding carboxylic acids is 2. The zero-order valence-electron chi connectivity index (χ0n) is 5.68. The predicted octanol–water partition coefficient (Wildman–Crippen LogP) is -0.922. The van der Waals surface area contributed by atoms with Crippen molar-refractivity contribution < 1.29 is 36.9 Å². The zero-order valence-corrected chi connectivity index (χ0v) is 9.88. The molecule has 0 aromatic rings. The second-order valence-corrected chi connectivity index (χ2v) is 3.43. The molecule has 0 atom stereocenters. The first-order chi connectivity index (χ1) is 5.29. The average molecular weight is 311 g/mol.